The monoisotopic (exact) mass is 390 g/mol. The minimum Gasteiger partial charge on any atom is -0.447 e. The zero-order valence-electron chi connectivity index (χ0n) is 15.3. The summed E-state index contributed by atoms with van der Waals surface area (Å²) in [5, 5.41) is 9.07. The highest BCUT2D eigenvalue weighted by atomic mass is 32.2. The zero-order valence-corrected chi connectivity index (χ0v) is 16.1. The molecule has 6 nitrogen and oxygen atoms in total. The topological polar surface area (TPSA) is 68.2 Å². The Labute approximate surface area is 167 Å². The first kappa shape index (κ1) is 18.2. The van der Waals surface area contributed by atoms with Gasteiger partial charge >= 0.3 is 0 Å². The summed E-state index contributed by atoms with van der Waals surface area (Å²) in [7, 11) is 0. The van der Waals surface area contributed by atoms with Crippen molar-refractivity contribution in [1.82, 2.24) is 15.2 Å². The van der Waals surface area contributed by atoms with Crippen LogP contribution < -0.4 is 9.64 Å². The van der Waals surface area contributed by atoms with Crippen LogP contribution in [-0.4, -0.2) is 26.8 Å². The largest absolute Gasteiger partial charge is 0.447 e. The molecule has 1 aromatic heterocycles. The van der Waals surface area contributed by atoms with E-state index < -0.39 is 6.23 Å². The fourth-order valence-electron chi connectivity index (χ4n) is 3.08. The lowest BCUT2D eigenvalue weighted by atomic mass is 10.1. The molecular weight excluding hydrogens is 372 g/mol. The molecule has 0 radical (unpaired) electrons. The maximum atomic E-state index is 12.6. The number of ether oxygens (including phenoxy) is 1. The number of carbonyl (C=O) groups excluding carboxylic acids is 1. The summed E-state index contributed by atoms with van der Waals surface area (Å²) < 4.78 is 6.27. The third-order valence-electron chi connectivity index (χ3n) is 4.27. The van der Waals surface area contributed by atoms with Gasteiger partial charge in [0.25, 0.3) is 0 Å². The lowest BCUT2D eigenvalue weighted by Crippen LogP contribution is -2.36. The van der Waals surface area contributed by atoms with Crippen LogP contribution in [0.15, 0.2) is 72.4 Å². The molecule has 2 heterocycles. The van der Waals surface area contributed by atoms with Crippen molar-refractivity contribution in [2.24, 2.45) is 0 Å². The van der Waals surface area contributed by atoms with Crippen LogP contribution in [0.3, 0.4) is 0 Å². The van der Waals surface area contributed by atoms with Crippen molar-refractivity contribution in [3.05, 3.63) is 72.8 Å². The van der Waals surface area contributed by atoms with E-state index in [0.717, 1.165) is 11.1 Å². The number of anilines is 1. The number of fused-ring (bicyclic) bond motifs is 3. The van der Waals surface area contributed by atoms with E-state index in [4.69, 9.17) is 4.74 Å². The molecule has 1 atom stereocenters. The fraction of sp³-hybridized carbons (Fsp3) is 0.143. The highest BCUT2D eigenvalue weighted by molar-refractivity contribution is 7.99. The van der Waals surface area contributed by atoms with Crippen molar-refractivity contribution in [2.75, 3.05) is 10.7 Å². The number of amides is 1. The van der Waals surface area contributed by atoms with Gasteiger partial charge in [0.1, 0.15) is 0 Å². The van der Waals surface area contributed by atoms with E-state index in [1.54, 1.807) is 11.0 Å². The second-order valence-electron chi connectivity index (χ2n) is 6.13. The molecule has 0 saturated carbocycles. The van der Waals surface area contributed by atoms with E-state index in [1.807, 2.05) is 54.6 Å². The highest BCUT2D eigenvalue weighted by Crippen LogP contribution is 2.43. The molecule has 3 aromatic rings. The third-order valence-corrected chi connectivity index (χ3v) is 5.10. The summed E-state index contributed by atoms with van der Waals surface area (Å²) in [5.41, 5.74) is 2.83. The average Bonchev–Trinajstić information content (AvgIpc) is 2.87. The molecule has 0 N–H and O–H groups in total. The number of nitrogens with zero attached hydrogens (tertiary/aromatic N) is 4. The van der Waals surface area contributed by atoms with Crippen LogP contribution in [0.1, 0.15) is 18.7 Å². The van der Waals surface area contributed by atoms with E-state index in [-0.39, 0.29) is 5.91 Å². The lowest BCUT2D eigenvalue weighted by Gasteiger charge is -2.29. The second kappa shape index (κ2) is 7.82. The number of aromatic nitrogens is 3. The molecule has 1 aliphatic heterocycles. The maximum absolute atomic E-state index is 12.6. The van der Waals surface area contributed by atoms with Gasteiger partial charge in [-0.25, -0.2) is 0 Å². The molecule has 0 saturated heterocycles. The van der Waals surface area contributed by atoms with E-state index in [9.17, 15) is 4.79 Å². The van der Waals surface area contributed by atoms with Gasteiger partial charge < -0.3 is 4.74 Å². The summed E-state index contributed by atoms with van der Waals surface area (Å²) in [6.07, 6.45) is 1.12. The molecule has 1 aliphatic rings. The van der Waals surface area contributed by atoms with Gasteiger partial charge in [-0.2, -0.15) is 4.98 Å². The highest BCUT2D eigenvalue weighted by Gasteiger charge is 2.34. The van der Waals surface area contributed by atoms with Gasteiger partial charge in [0.2, 0.25) is 23.2 Å². The number of para-hydroxylation sites is 1. The molecule has 1 amide bonds. The van der Waals surface area contributed by atoms with E-state index in [1.165, 1.54) is 18.7 Å². The van der Waals surface area contributed by atoms with Gasteiger partial charge in [-0.05, 0) is 6.07 Å². The van der Waals surface area contributed by atoms with Crippen LogP contribution in [0.2, 0.25) is 0 Å². The second-order valence-corrected chi connectivity index (χ2v) is 7.12. The van der Waals surface area contributed by atoms with Gasteiger partial charge in [0, 0.05) is 23.8 Å². The molecule has 0 spiro atoms. The fourth-order valence-corrected chi connectivity index (χ4v) is 3.59. The van der Waals surface area contributed by atoms with Crippen LogP contribution >= 0.6 is 11.8 Å². The summed E-state index contributed by atoms with van der Waals surface area (Å²) >= 11 is 1.42. The van der Waals surface area contributed by atoms with Crippen molar-refractivity contribution in [3.63, 3.8) is 0 Å². The van der Waals surface area contributed by atoms with E-state index >= 15 is 0 Å². The number of carbonyl (C=O) groups is 1. The minimum absolute atomic E-state index is 0.136. The van der Waals surface area contributed by atoms with Crippen LogP contribution in [0.5, 0.6) is 5.88 Å². The van der Waals surface area contributed by atoms with Crippen LogP contribution in [-0.2, 0) is 4.79 Å². The van der Waals surface area contributed by atoms with Crippen molar-refractivity contribution < 1.29 is 9.53 Å². The molecule has 4 rings (SSSR count). The predicted octanol–water partition coefficient (Wildman–Crippen LogP) is 4.26. The smallest absolute Gasteiger partial charge is 0.247 e. The molecule has 0 bridgehead atoms. The number of hydrogen-bond acceptors (Lipinski definition) is 6. The summed E-state index contributed by atoms with van der Waals surface area (Å²) in [6, 6.07) is 17.2. The Hall–Kier alpha value is -3.19. The molecular formula is C21H18N4O2S. The zero-order chi connectivity index (χ0) is 19.5. The Morgan fingerprint density at radius 2 is 1.93 bits per heavy atom. The quantitative estimate of drug-likeness (QED) is 0.490. The van der Waals surface area contributed by atoms with Gasteiger partial charge in [-0.15, -0.1) is 16.8 Å². The van der Waals surface area contributed by atoms with Crippen LogP contribution in [0.25, 0.3) is 11.3 Å². The summed E-state index contributed by atoms with van der Waals surface area (Å²) in [4.78, 5) is 18.8. The number of rotatable bonds is 4. The van der Waals surface area contributed by atoms with Gasteiger partial charge in [-0.1, -0.05) is 66.4 Å². The van der Waals surface area contributed by atoms with Crippen molar-refractivity contribution in [2.45, 2.75) is 18.3 Å². The average molecular weight is 390 g/mol. The summed E-state index contributed by atoms with van der Waals surface area (Å²) in [5.74, 6) is 0.883. The van der Waals surface area contributed by atoms with Gasteiger partial charge in [-0.3, -0.25) is 9.69 Å². The first-order valence-electron chi connectivity index (χ1n) is 8.78. The molecule has 0 unspecified atom stereocenters. The molecule has 0 aliphatic carbocycles. The lowest BCUT2D eigenvalue weighted by molar-refractivity contribution is -0.118. The SMILES string of the molecule is C=CCSc1nnc2c(n1)O[C@@H](c1ccccc1)N(C(C)=O)c1ccccc1-2. The Balaban J connectivity index is 1.91. The van der Waals surface area contributed by atoms with Crippen molar-refractivity contribution in [3.8, 4) is 17.1 Å². The molecule has 0 fully saturated rings. The standard InChI is InChI=1S/C21H18N4O2S/c1-3-13-28-21-22-19-18(23-24-21)16-11-7-8-12-17(16)25(14(2)26)20(27-19)15-9-5-4-6-10-15/h3-12,20H,1,13H2,2H3/t20-/m0/s1. The molecule has 140 valence electrons. The van der Waals surface area contributed by atoms with Gasteiger partial charge in [0.15, 0.2) is 5.69 Å². The Morgan fingerprint density at radius 1 is 1.18 bits per heavy atom. The molecule has 7 heteroatoms. The van der Waals surface area contributed by atoms with Gasteiger partial charge in [0.05, 0.1) is 5.69 Å². The van der Waals surface area contributed by atoms with Crippen LogP contribution in [0, 0.1) is 0 Å². The normalized spacial score (nSPS) is 15.0. The van der Waals surface area contributed by atoms with Crippen LogP contribution in [0.4, 0.5) is 5.69 Å². The molecule has 28 heavy (non-hydrogen) atoms. The first-order chi connectivity index (χ1) is 13.7. The Morgan fingerprint density at radius 3 is 2.68 bits per heavy atom. The third kappa shape index (κ3) is 3.36. The van der Waals surface area contributed by atoms with E-state index in [0.29, 0.717) is 28.2 Å². The van der Waals surface area contributed by atoms with Crippen molar-refractivity contribution in [1.29, 1.82) is 0 Å². The Bertz CT molecular complexity index is 1030. The van der Waals surface area contributed by atoms with Crippen molar-refractivity contribution >= 4 is 23.4 Å². The number of benzene rings is 2. The Kier molecular flexibility index (Phi) is 5.08. The van der Waals surface area contributed by atoms with E-state index in [2.05, 4.69) is 21.8 Å². The summed E-state index contributed by atoms with van der Waals surface area (Å²) in [6.45, 7) is 5.24. The molecule has 2 aromatic carbocycles. The first-order valence-corrected chi connectivity index (χ1v) is 9.77. The predicted molar refractivity (Wildman–Crippen MR) is 109 cm³/mol. The number of hydrogen-bond donors (Lipinski definition) is 0. The number of thioether (sulfide) groups is 1. The maximum Gasteiger partial charge on any atom is 0.247 e. The minimum atomic E-state index is -0.657.